The second-order valence-electron chi connectivity index (χ2n) is 3.76. The molecule has 3 nitrogen and oxygen atoms in total. The molecule has 0 atom stereocenters. The first-order chi connectivity index (χ1) is 8.25. The molecular formula is C13H19NO2S. The van der Waals surface area contributed by atoms with Crippen LogP contribution in [0.4, 0.5) is 0 Å². The largest absolute Gasteiger partial charge is 0.396 e. The van der Waals surface area contributed by atoms with E-state index in [4.69, 9.17) is 5.11 Å². The van der Waals surface area contributed by atoms with Crippen LogP contribution in [0, 0.1) is 6.92 Å². The molecule has 0 fully saturated rings. The molecule has 0 aliphatic rings. The normalized spacial score (nSPS) is 10.2. The second-order valence-corrected chi connectivity index (χ2v) is 4.99. The quantitative estimate of drug-likeness (QED) is 0.729. The fraction of sp³-hybridized carbons (Fsp3) is 0.462. The Bertz CT molecular complexity index is 355. The van der Waals surface area contributed by atoms with E-state index in [0.717, 1.165) is 29.1 Å². The van der Waals surface area contributed by atoms with E-state index in [9.17, 15) is 4.79 Å². The number of aryl methyl sites for hydroxylation is 1. The van der Waals surface area contributed by atoms with Crippen LogP contribution in [0.5, 0.6) is 0 Å². The number of aliphatic hydroxyl groups is 1. The lowest BCUT2D eigenvalue weighted by Crippen LogP contribution is -2.26. The average molecular weight is 253 g/mol. The van der Waals surface area contributed by atoms with Crippen molar-refractivity contribution in [3.8, 4) is 0 Å². The molecule has 0 radical (unpaired) electrons. The first kappa shape index (κ1) is 14.1. The van der Waals surface area contributed by atoms with Gasteiger partial charge in [0, 0.05) is 24.5 Å². The summed E-state index contributed by atoms with van der Waals surface area (Å²) in [5.41, 5.74) is 1.74. The summed E-state index contributed by atoms with van der Waals surface area (Å²) >= 11 is 1.74. The van der Waals surface area contributed by atoms with Crippen molar-refractivity contribution >= 4 is 17.7 Å². The van der Waals surface area contributed by atoms with Crippen LogP contribution >= 0.6 is 11.8 Å². The van der Waals surface area contributed by atoms with Crippen molar-refractivity contribution in [1.29, 1.82) is 0 Å². The Kier molecular flexibility index (Phi) is 6.74. The topological polar surface area (TPSA) is 49.3 Å². The molecule has 0 spiro atoms. The lowest BCUT2D eigenvalue weighted by Gasteiger charge is -2.07. The van der Waals surface area contributed by atoms with Gasteiger partial charge in [0.1, 0.15) is 0 Å². The van der Waals surface area contributed by atoms with Crippen molar-refractivity contribution < 1.29 is 9.90 Å². The number of hydrogen-bond acceptors (Lipinski definition) is 3. The van der Waals surface area contributed by atoms with Crippen molar-refractivity contribution in [2.75, 3.05) is 24.7 Å². The number of thioether (sulfide) groups is 1. The van der Waals surface area contributed by atoms with Gasteiger partial charge < -0.3 is 10.4 Å². The predicted octanol–water partition coefficient (Wildman–Crippen LogP) is 1.84. The first-order valence-electron chi connectivity index (χ1n) is 5.78. The summed E-state index contributed by atoms with van der Waals surface area (Å²) in [5.74, 6) is 1.82. The minimum absolute atomic E-state index is 0.00846. The van der Waals surface area contributed by atoms with E-state index >= 15 is 0 Å². The highest BCUT2D eigenvalue weighted by Gasteiger charge is 2.06. The second kappa shape index (κ2) is 8.14. The number of benzene rings is 1. The molecule has 1 amide bonds. The first-order valence-corrected chi connectivity index (χ1v) is 6.93. The molecule has 1 aromatic rings. The highest BCUT2D eigenvalue weighted by molar-refractivity contribution is 7.99. The van der Waals surface area contributed by atoms with Gasteiger partial charge in [0.2, 0.25) is 0 Å². The lowest BCUT2D eigenvalue weighted by atomic mass is 10.1. The van der Waals surface area contributed by atoms with Gasteiger partial charge in [-0.25, -0.2) is 0 Å². The number of aliphatic hydroxyl groups excluding tert-OH is 1. The highest BCUT2D eigenvalue weighted by atomic mass is 32.2. The van der Waals surface area contributed by atoms with E-state index < -0.39 is 0 Å². The standard InChI is InChI=1S/C13H19NO2S/c1-11-5-2-3-6-12(11)13(16)14-7-10-17-9-4-8-15/h2-3,5-6,15H,4,7-10H2,1H3,(H,14,16). The molecule has 2 N–H and O–H groups in total. The molecule has 0 bridgehead atoms. The van der Waals surface area contributed by atoms with E-state index in [1.54, 1.807) is 11.8 Å². The van der Waals surface area contributed by atoms with Crippen LogP contribution in [-0.2, 0) is 0 Å². The number of amides is 1. The van der Waals surface area contributed by atoms with Gasteiger partial charge in [0.15, 0.2) is 0 Å². The van der Waals surface area contributed by atoms with Gasteiger partial charge in [-0.1, -0.05) is 18.2 Å². The summed E-state index contributed by atoms with van der Waals surface area (Å²) in [4.78, 5) is 11.8. The average Bonchev–Trinajstić information content (AvgIpc) is 2.34. The molecule has 0 aliphatic heterocycles. The summed E-state index contributed by atoms with van der Waals surface area (Å²) in [6, 6.07) is 7.57. The highest BCUT2D eigenvalue weighted by Crippen LogP contribution is 2.06. The summed E-state index contributed by atoms with van der Waals surface area (Å²) in [7, 11) is 0. The Balaban J connectivity index is 2.24. The van der Waals surface area contributed by atoms with Gasteiger partial charge in [-0.3, -0.25) is 4.79 Å². The van der Waals surface area contributed by atoms with E-state index in [1.165, 1.54) is 0 Å². The third-order valence-corrected chi connectivity index (χ3v) is 3.44. The van der Waals surface area contributed by atoms with Gasteiger partial charge in [-0.05, 0) is 30.7 Å². The molecule has 1 aromatic carbocycles. The predicted molar refractivity (Wildman–Crippen MR) is 72.5 cm³/mol. The molecule has 17 heavy (non-hydrogen) atoms. The van der Waals surface area contributed by atoms with Crippen molar-refractivity contribution in [1.82, 2.24) is 5.32 Å². The van der Waals surface area contributed by atoms with Crippen LogP contribution in [0.25, 0.3) is 0 Å². The van der Waals surface area contributed by atoms with Crippen LogP contribution in [0.1, 0.15) is 22.3 Å². The maximum atomic E-state index is 11.8. The Morgan fingerprint density at radius 2 is 2.12 bits per heavy atom. The fourth-order valence-electron chi connectivity index (χ4n) is 1.43. The monoisotopic (exact) mass is 253 g/mol. The van der Waals surface area contributed by atoms with Crippen molar-refractivity contribution in [2.45, 2.75) is 13.3 Å². The molecule has 1 rings (SSSR count). The zero-order valence-corrected chi connectivity index (χ0v) is 10.9. The molecule has 0 heterocycles. The maximum Gasteiger partial charge on any atom is 0.251 e. The molecule has 94 valence electrons. The van der Waals surface area contributed by atoms with E-state index in [0.29, 0.717) is 6.54 Å². The van der Waals surface area contributed by atoms with Crippen molar-refractivity contribution in [2.24, 2.45) is 0 Å². The number of nitrogens with one attached hydrogen (secondary N) is 1. The Labute approximate surface area is 107 Å². The van der Waals surface area contributed by atoms with Crippen LogP contribution in [0.3, 0.4) is 0 Å². The third kappa shape index (κ3) is 5.24. The summed E-state index contributed by atoms with van der Waals surface area (Å²) in [6.45, 7) is 2.84. The third-order valence-electron chi connectivity index (χ3n) is 2.37. The smallest absolute Gasteiger partial charge is 0.251 e. The maximum absolute atomic E-state index is 11.8. The Morgan fingerprint density at radius 3 is 2.82 bits per heavy atom. The minimum Gasteiger partial charge on any atom is -0.396 e. The molecule has 0 aromatic heterocycles. The van der Waals surface area contributed by atoms with Crippen LogP contribution in [0.15, 0.2) is 24.3 Å². The zero-order chi connectivity index (χ0) is 12.5. The Hall–Kier alpha value is -1.00. The molecular weight excluding hydrogens is 234 g/mol. The van der Waals surface area contributed by atoms with Crippen molar-refractivity contribution in [3.63, 3.8) is 0 Å². The van der Waals surface area contributed by atoms with Gasteiger partial charge in [-0.15, -0.1) is 0 Å². The zero-order valence-electron chi connectivity index (χ0n) is 10.1. The number of rotatable bonds is 7. The fourth-order valence-corrected chi connectivity index (χ4v) is 2.21. The summed E-state index contributed by atoms with van der Waals surface area (Å²) < 4.78 is 0. The van der Waals surface area contributed by atoms with E-state index in [1.807, 2.05) is 31.2 Å². The number of carbonyl (C=O) groups excluding carboxylic acids is 1. The van der Waals surface area contributed by atoms with Gasteiger partial charge in [-0.2, -0.15) is 11.8 Å². The van der Waals surface area contributed by atoms with E-state index in [-0.39, 0.29) is 12.5 Å². The number of carbonyl (C=O) groups is 1. The molecule has 0 saturated carbocycles. The van der Waals surface area contributed by atoms with Gasteiger partial charge in [0.05, 0.1) is 0 Å². The molecule has 4 heteroatoms. The van der Waals surface area contributed by atoms with Crippen LogP contribution < -0.4 is 5.32 Å². The van der Waals surface area contributed by atoms with Crippen molar-refractivity contribution in [3.05, 3.63) is 35.4 Å². The minimum atomic E-state index is -0.00846. The number of hydrogen-bond donors (Lipinski definition) is 2. The molecule has 0 unspecified atom stereocenters. The van der Waals surface area contributed by atoms with Gasteiger partial charge >= 0.3 is 0 Å². The molecule has 0 saturated heterocycles. The van der Waals surface area contributed by atoms with E-state index in [2.05, 4.69) is 5.32 Å². The lowest BCUT2D eigenvalue weighted by molar-refractivity contribution is 0.0955. The van der Waals surface area contributed by atoms with Gasteiger partial charge in [0.25, 0.3) is 5.91 Å². The SMILES string of the molecule is Cc1ccccc1C(=O)NCCSCCCO. The Morgan fingerprint density at radius 1 is 1.35 bits per heavy atom. The van der Waals surface area contributed by atoms with Crippen LogP contribution in [0.2, 0.25) is 0 Å². The summed E-state index contributed by atoms with van der Waals surface area (Å²) in [5, 5.41) is 11.5. The molecule has 0 aliphatic carbocycles. The van der Waals surface area contributed by atoms with Crippen LogP contribution in [-0.4, -0.2) is 35.7 Å². The summed E-state index contributed by atoms with van der Waals surface area (Å²) in [6.07, 6.45) is 0.816.